The maximum atomic E-state index is 13.6. The van der Waals surface area contributed by atoms with Gasteiger partial charge < -0.3 is 19.3 Å². The third kappa shape index (κ3) is 4.10. The molecule has 0 amide bonds. The van der Waals surface area contributed by atoms with E-state index in [9.17, 15) is 4.39 Å². The number of hydrogen-bond acceptors (Lipinski definition) is 4. The van der Waals surface area contributed by atoms with Crippen LogP contribution in [0, 0.1) is 5.82 Å². The highest BCUT2D eigenvalue weighted by molar-refractivity contribution is 5.34. The van der Waals surface area contributed by atoms with Gasteiger partial charge in [0.1, 0.15) is 24.7 Å². The minimum Gasteiger partial charge on any atom is -0.497 e. The molecule has 0 heterocycles. The molecule has 2 aromatic rings. The summed E-state index contributed by atoms with van der Waals surface area (Å²) in [4.78, 5) is 0. The first kappa shape index (κ1) is 15.1. The van der Waals surface area contributed by atoms with Gasteiger partial charge in [0.15, 0.2) is 11.6 Å². The Labute approximate surface area is 122 Å². The number of methoxy groups -OCH3 is 1. The molecule has 0 saturated carbocycles. The monoisotopic (exact) mass is 292 g/mol. The molecular formula is C16H17FO4. The first-order chi connectivity index (χ1) is 10.2. The van der Waals surface area contributed by atoms with Crippen LogP contribution in [-0.4, -0.2) is 25.4 Å². The molecule has 0 aliphatic rings. The quantitative estimate of drug-likeness (QED) is 0.797. The number of ether oxygens (including phenoxy) is 3. The highest BCUT2D eigenvalue weighted by Crippen LogP contribution is 2.22. The van der Waals surface area contributed by atoms with E-state index in [1.165, 1.54) is 12.1 Å². The Balaban J connectivity index is 1.84. The molecule has 0 saturated heterocycles. The summed E-state index contributed by atoms with van der Waals surface area (Å²) in [5, 5.41) is 9.14. The molecule has 2 rings (SSSR count). The van der Waals surface area contributed by atoms with Crippen molar-refractivity contribution in [1.29, 1.82) is 0 Å². The first-order valence-electron chi connectivity index (χ1n) is 6.52. The van der Waals surface area contributed by atoms with Crippen molar-refractivity contribution in [2.24, 2.45) is 0 Å². The minimum atomic E-state index is -0.494. The average Bonchev–Trinajstić information content (AvgIpc) is 2.53. The molecule has 21 heavy (non-hydrogen) atoms. The lowest BCUT2D eigenvalue weighted by Crippen LogP contribution is -2.11. The van der Waals surface area contributed by atoms with Crippen molar-refractivity contribution in [2.45, 2.75) is 6.61 Å². The van der Waals surface area contributed by atoms with Gasteiger partial charge in [0.25, 0.3) is 0 Å². The molecule has 0 radical (unpaired) electrons. The lowest BCUT2D eigenvalue weighted by molar-refractivity contribution is 0.203. The van der Waals surface area contributed by atoms with Gasteiger partial charge in [-0.3, -0.25) is 0 Å². The topological polar surface area (TPSA) is 47.9 Å². The van der Waals surface area contributed by atoms with Gasteiger partial charge in [0.2, 0.25) is 0 Å². The molecule has 0 aliphatic heterocycles. The summed E-state index contributed by atoms with van der Waals surface area (Å²) in [6.07, 6.45) is 0. The Hall–Kier alpha value is -2.27. The molecule has 0 fully saturated rings. The van der Waals surface area contributed by atoms with E-state index in [2.05, 4.69) is 0 Å². The van der Waals surface area contributed by atoms with E-state index in [0.717, 1.165) is 5.75 Å². The highest BCUT2D eigenvalue weighted by Gasteiger charge is 2.08. The molecule has 0 bridgehead atoms. The predicted molar refractivity (Wildman–Crippen MR) is 76.3 cm³/mol. The molecule has 5 heteroatoms. The molecule has 1 N–H and O–H groups in total. The molecule has 2 aromatic carbocycles. The number of para-hydroxylation sites is 1. The molecular weight excluding hydrogens is 275 g/mol. The van der Waals surface area contributed by atoms with Crippen LogP contribution in [0.4, 0.5) is 4.39 Å². The Bertz CT molecular complexity index is 569. The third-order valence-electron chi connectivity index (χ3n) is 2.88. The van der Waals surface area contributed by atoms with Crippen LogP contribution in [0.15, 0.2) is 42.5 Å². The number of halogens is 1. The number of hydrogen-bond donors (Lipinski definition) is 1. The van der Waals surface area contributed by atoms with E-state index in [-0.39, 0.29) is 25.6 Å². The summed E-state index contributed by atoms with van der Waals surface area (Å²) in [7, 11) is 1.59. The minimum absolute atomic E-state index is 0.0679. The predicted octanol–water partition coefficient (Wildman–Crippen LogP) is 2.78. The van der Waals surface area contributed by atoms with Crippen LogP contribution in [-0.2, 0) is 6.61 Å². The van der Waals surface area contributed by atoms with Gasteiger partial charge in [-0.1, -0.05) is 12.1 Å². The summed E-state index contributed by atoms with van der Waals surface area (Å²) in [5.74, 6) is 0.997. The Morgan fingerprint density at radius 1 is 0.952 bits per heavy atom. The van der Waals surface area contributed by atoms with Crippen molar-refractivity contribution in [3.8, 4) is 17.2 Å². The number of benzene rings is 2. The lowest BCUT2D eigenvalue weighted by atomic mass is 10.2. The van der Waals surface area contributed by atoms with Crippen LogP contribution in [0.1, 0.15) is 5.56 Å². The SMILES string of the molecule is COc1ccc(OCCOc2c(F)cccc2CO)cc1. The largest absolute Gasteiger partial charge is 0.497 e. The Morgan fingerprint density at radius 3 is 2.29 bits per heavy atom. The summed E-state index contributed by atoms with van der Waals surface area (Å²) in [5.41, 5.74) is 0.416. The van der Waals surface area contributed by atoms with Gasteiger partial charge in [-0.05, 0) is 30.3 Å². The standard InChI is InChI=1S/C16H17FO4/c1-19-13-5-7-14(8-6-13)20-9-10-21-16-12(11-18)3-2-4-15(16)17/h2-8,18H,9-11H2,1H3. The van der Waals surface area contributed by atoms with Crippen LogP contribution in [0.3, 0.4) is 0 Å². The summed E-state index contributed by atoms with van der Waals surface area (Å²) in [6, 6.07) is 11.6. The summed E-state index contributed by atoms with van der Waals surface area (Å²) in [6.45, 7) is 0.178. The fourth-order valence-corrected chi connectivity index (χ4v) is 1.81. The van der Waals surface area contributed by atoms with Crippen LogP contribution < -0.4 is 14.2 Å². The van der Waals surface area contributed by atoms with Crippen LogP contribution in [0.2, 0.25) is 0 Å². The maximum Gasteiger partial charge on any atom is 0.165 e. The first-order valence-corrected chi connectivity index (χ1v) is 6.52. The Morgan fingerprint density at radius 2 is 1.62 bits per heavy atom. The summed E-state index contributed by atoms with van der Waals surface area (Å²) >= 11 is 0. The summed E-state index contributed by atoms with van der Waals surface area (Å²) < 4.78 is 29.4. The van der Waals surface area contributed by atoms with Crippen LogP contribution >= 0.6 is 0 Å². The molecule has 112 valence electrons. The molecule has 0 aliphatic carbocycles. The van der Waals surface area contributed by atoms with Gasteiger partial charge in [-0.15, -0.1) is 0 Å². The van der Waals surface area contributed by atoms with Crippen LogP contribution in [0.25, 0.3) is 0 Å². The second kappa shape index (κ2) is 7.50. The van der Waals surface area contributed by atoms with Crippen LogP contribution in [0.5, 0.6) is 17.2 Å². The van der Waals surface area contributed by atoms with E-state index < -0.39 is 5.82 Å². The second-order valence-electron chi connectivity index (χ2n) is 4.26. The van der Waals surface area contributed by atoms with E-state index in [4.69, 9.17) is 19.3 Å². The maximum absolute atomic E-state index is 13.6. The zero-order valence-corrected chi connectivity index (χ0v) is 11.7. The van der Waals surface area contributed by atoms with Gasteiger partial charge in [-0.25, -0.2) is 4.39 Å². The van der Waals surface area contributed by atoms with Crippen molar-refractivity contribution in [2.75, 3.05) is 20.3 Å². The fourth-order valence-electron chi connectivity index (χ4n) is 1.81. The molecule has 0 atom stereocenters. The van der Waals surface area contributed by atoms with Crippen molar-refractivity contribution in [3.05, 3.63) is 53.8 Å². The molecule has 0 unspecified atom stereocenters. The van der Waals surface area contributed by atoms with Crippen molar-refractivity contribution >= 4 is 0 Å². The second-order valence-corrected chi connectivity index (χ2v) is 4.26. The van der Waals surface area contributed by atoms with Gasteiger partial charge in [-0.2, -0.15) is 0 Å². The van der Waals surface area contributed by atoms with Gasteiger partial charge in [0, 0.05) is 5.56 Å². The van der Waals surface area contributed by atoms with Crippen molar-refractivity contribution in [1.82, 2.24) is 0 Å². The van der Waals surface area contributed by atoms with E-state index in [0.29, 0.717) is 11.3 Å². The average molecular weight is 292 g/mol. The van der Waals surface area contributed by atoms with Gasteiger partial charge >= 0.3 is 0 Å². The van der Waals surface area contributed by atoms with Crippen molar-refractivity contribution < 1.29 is 23.7 Å². The normalized spacial score (nSPS) is 10.2. The highest BCUT2D eigenvalue weighted by atomic mass is 19.1. The Kier molecular flexibility index (Phi) is 5.40. The third-order valence-corrected chi connectivity index (χ3v) is 2.88. The number of aliphatic hydroxyl groups is 1. The smallest absolute Gasteiger partial charge is 0.165 e. The number of aliphatic hydroxyl groups excluding tert-OH is 1. The fraction of sp³-hybridized carbons (Fsp3) is 0.250. The van der Waals surface area contributed by atoms with E-state index >= 15 is 0 Å². The lowest BCUT2D eigenvalue weighted by Gasteiger charge is -2.12. The van der Waals surface area contributed by atoms with Gasteiger partial charge in [0.05, 0.1) is 13.7 Å². The molecule has 4 nitrogen and oxygen atoms in total. The zero-order chi connectivity index (χ0) is 15.1. The molecule has 0 aromatic heterocycles. The molecule has 0 spiro atoms. The van der Waals surface area contributed by atoms with Crippen molar-refractivity contribution in [3.63, 3.8) is 0 Å². The zero-order valence-electron chi connectivity index (χ0n) is 11.7. The number of rotatable bonds is 7. The van der Waals surface area contributed by atoms with E-state index in [1.807, 2.05) is 0 Å². The van der Waals surface area contributed by atoms with E-state index in [1.54, 1.807) is 37.4 Å².